The van der Waals surface area contributed by atoms with E-state index < -0.39 is 24.0 Å². The minimum Gasteiger partial charge on any atom is -0.427 e. The van der Waals surface area contributed by atoms with Crippen LogP contribution in [0.25, 0.3) is 0 Å². The highest BCUT2D eigenvalue weighted by atomic mass is 16.5. The number of hydrogen-bond donors (Lipinski definition) is 0. The van der Waals surface area contributed by atoms with Gasteiger partial charge in [0.05, 0.1) is 23.6 Å². The molecule has 0 aromatic heterocycles. The van der Waals surface area contributed by atoms with Gasteiger partial charge in [-0.3, -0.25) is 4.79 Å². The molecule has 0 unspecified atom stereocenters. The number of ether oxygens (including phenoxy) is 1. The molecule has 200 valence electrons. The SMILES string of the molecule is O=C(OC1=C[C@H](c2ccccc2)N(C(=O)c2ccccc2)[C@@H](c2ccccc2)[C@@H]1c1ccccc1)c1ccccc1. The van der Waals surface area contributed by atoms with E-state index in [-0.39, 0.29) is 5.91 Å². The molecular formula is C37H29NO3. The van der Waals surface area contributed by atoms with Crippen LogP contribution in [0.4, 0.5) is 0 Å². The van der Waals surface area contributed by atoms with Crippen molar-refractivity contribution in [3.8, 4) is 0 Å². The van der Waals surface area contributed by atoms with Crippen LogP contribution in [0.15, 0.2) is 163 Å². The molecule has 0 aliphatic carbocycles. The molecule has 4 heteroatoms. The highest BCUT2D eigenvalue weighted by molar-refractivity contribution is 5.95. The molecule has 0 N–H and O–H groups in total. The first-order valence-corrected chi connectivity index (χ1v) is 13.7. The van der Waals surface area contributed by atoms with E-state index in [1.165, 1.54) is 0 Å². The van der Waals surface area contributed by atoms with E-state index in [9.17, 15) is 9.59 Å². The summed E-state index contributed by atoms with van der Waals surface area (Å²) in [6.07, 6.45) is 1.94. The lowest BCUT2D eigenvalue weighted by atomic mass is 9.79. The second-order valence-corrected chi connectivity index (χ2v) is 10.0. The van der Waals surface area contributed by atoms with Gasteiger partial charge in [-0.15, -0.1) is 0 Å². The molecule has 1 heterocycles. The van der Waals surface area contributed by atoms with Crippen molar-refractivity contribution in [1.82, 2.24) is 4.90 Å². The van der Waals surface area contributed by atoms with Crippen molar-refractivity contribution in [1.29, 1.82) is 0 Å². The normalized spacial score (nSPS) is 18.3. The fourth-order valence-electron chi connectivity index (χ4n) is 5.57. The van der Waals surface area contributed by atoms with Crippen molar-refractivity contribution in [3.05, 3.63) is 191 Å². The fraction of sp³-hybridized carbons (Fsp3) is 0.0811. The Morgan fingerprint density at radius 1 is 0.512 bits per heavy atom. The lowest BCUT2D eigenvalue weighted by molar-refractivity contribution is 0.0428. The second-order valence-electron chi connectivity index (χ2n) is 10.0. The number of esters is 1. The first-order valence-electron chi connectivity index (χ1n) is 13.7. The van der Waals surface area contributed by atoms with Gasteiger partial charge in [-0.1, -0.05) is 127 Å². The lowest BCUT2D eigenvalue weighted by Gasteiger charge is -2.46. The van der Waals surface area contributed by atoms with Gasteiger partial charge in [-0.2, -0.15) is 0 Å². The van der Waals surface area contributed by atoms with Crippen LogP contribution in [-0.2, 0) is 4.74 Å². The van der Waals surface area contributed by atoms with Gasteiger partial charge in [0.25, 0.3) is 5.91 Å². The topological polar surface area (TPSA) is 46.6 Å². The van der Waals surface area contributed by atoms with E-state index in [4.69, 9.17) is 4.74 Å². The average molecular weight is 536 g/mol. The van der Waals surface area contributed by atoms with E-state index in [0.29, 0.717) is 16.9 Å². The maximum atomic E-state index is 14.5. The molecule has 0 spiro atoms. The Labute approximate surface area is 240 Å². The van der Waals surface area contributed by atoms with Crippen LogP contribution in [0.5, 0.6) is 0 Å². The van der Waals surface area contributed by atoms with Crippen LogP contribution in [0.3, 0.4) is 0 Å². The first kappa shape index (κ1) is 26.0. The lowest BCUT2D eigenvalue weighted by Crippen LogP contribution is -2.44. The number of rotatable bonds is 6. The number of hydrogen-bond acceptors (Lipinski definition) is 3. The summed E-state index contributed by atoms with van der Waals surface area (Å²) < 4.78 is 6.27. The van der Waals surface area contributed by atoms with Crippen LogP contribution in [0, 0.1) is 0 Å². The van der Waals surface area contributed by atoms with Gasteiger partial charge in [0, 0.05) is 5.56 Å². The van der Waals surface area contributed by atoms with E-state index in [2.05, 4.69) is 0 Å². The van der Waals surface area contributed by atoms with Gasteiger partial charge in [-0.25, -0.2) is 4.79 Å². The Hall–Kier alpha value is -5.22. The summed E-state index contributed by atoms with van der Waals surface area (Å²) >= 11 is 0. The smallest absolute Gasteiger partial charge is 0.343 e. The third-order valence-electron chi connectivity index (χ3n) is 7.46. The van der Waals surface area contributed by atoms with E-state index in [1.54, 1.807) is 12.1 Å². The van der Waals surface area contributed by atoms with Crippen molar-refractivity contribution in [2.75, 3.05) is 0 Å². The predicted octanol–water partition coefficient (Wildman–Crippen LogP) is 8.15. The highest BCUT2D eigenvalue weighted by Crippen LogP contribution is 2.50. The molecule has 1 aliphatic heterocycles. The summed E-state index contributed by atoms with van der Waals surface area (Å²) in [5, 5.41) is 0. The largest absolute Gasteiger partial charge is 0.427 e. The van der Waals surface area contributed by atoms with Gasteiger partial charge in [0.15, 0.2) is 0 Å². The summed E-state index contributed by atoms with van der Waals surface area (Å²) in [5.74, 6) is -0.443. The predicted molar refractivity (Wildman–Crippen MR) is 160 cm³/mol. The number of nitrogens with zero attached hydrogens (tertiary/aromatic N) is 1. The zero-order valence-electron chi connectivity index (χ0n) is 22.4. The van der Waals surface area contributed by atoms with Crippen LogP contribution in [0.2, 0.25) is 0 Å². The average Bonchev–Trinajstić information content (AvgIpc) is 3.06. The van der Waals surface area contributed by atoms with Gasteiger partial charge in [-0.05, 0) is 47.0 Å². The maximum Gasteiger partial charge on any atom is 0.343 e. The summed E-state index contributed by atoms with van der Waals surface area (Å²) in [7, 11) is 0. The van der Waals surface area contributed by atoms with Gasteiger partial charge in [0.2, 0.25) is 0 Å². The third kappa shape index (κ3) is 5.45. The molecule has 4 nitrogen and oxygen atoms in total. The molecule has 0 saturated heterocycles. The molecule has 0 bridgehead atoms. The Morgan fingerprint density at radius 3 is 1.49 bits per heavy atom. The molecule has 0 radical (unpaired) electrons. The molecule has 41 heavy (non-hydrogen) atoms. The van der Waals surface area contributed by atoms with Gasteiger partial charge in [0.1, 0.15) is 5.76 Å². The number of benzene rings is 5. The number of carbonyl (C=O) groups is 2. The van der Waals surface area contributed by atoms with Crippen molar-refractivity contribution in [3.63, 3.8) is 0 Å². The minimum atomic E-state index is -0.479. The molecule has 0 fully saturated rings. The van der Waals surface area contributed by atoms with E-state index in [0.717, 1.165) is 16.7 Å². The van der Waals surface area contributed by atoms with Crippen LogP contribution in [-0.4, -0.2) is 16.8 Å². The van der Waals surface area contributed by atoms with Crippen LogP contribution in [0.1, 0.15) is 55.4 Å². The summed E-state index contributed by atoms with van der Waals surface area (Å²) in [6, 6.07) is 47.3. The van der Waals surface area contributed by atoms with E-state index >= 15 is 0 Å². The standard InChI is InChI=1S/C37H29NO3/c39-36(30-22-12-4-13-23-30)38-32(27-16-6-1-7-17-27)26-33(41-37(40)31-24-14-5-15-25-31)34(28-18-8-2-9-19-28)35(38)29-20-10-3-11-21-29/h1-26,32,34-35H/t32-,34-,35+/m1/s1. The Balaban J connectivity index is 1.59. The quantitative estimate of drug-likeness (QED) is 0.206. The summed E-state index contributed by atoms with van der Waals surface area (Å²) in [5.41, 5.74) is 3.89. The Kier molecular flexibility index (Phi) is 7.55. The van der Waals surface area contributed by atoms with Crippen LogP contribution >= 0.6 is 0 Å². The van der Waals surface area contributed by atoms with Crippen molar-refractivity contribution in [2.45, 2.75) is 18.0 Å². The molecule has 3 atom stereocenters. The molecular weight excluding hydrogens is 506 g/mol. The Morgan fingerprint density at radius 2 is 0.951 bits per heavy atom. The summed E-state index contributed by atoms with van der Waals surface area (Å²) in [4.78, 5) is 29.9. The molecule has 1 aliphatic rings. The van der Waals surface area contributed by atoms with Crippen molar-refractivity contribution in [2.24, 2.45) is 0 Å². The van der Waals surface area contributed by atoms with Crippen molar-refractivity contribution >= 4 is 11.9 Å². The van der Waals surface area contributed by atoms with Gasteiger partial charge < -0.3 is 9.64 Å². The zero-order valence-corrected chi connectivity index (χ0v) is 22.4. The zero-order chi connectivity index (χ0) is 28.0. The first-order chi connectivity index (χ1) is 20.2. The number of carbonyl (C=O) groups excluding carboxylic acids is 2. The van der Waals surface area contributed by atoms with Crippen molar-refractivity contribution < 1.29 is 14.3 Å². The second kappa shape index (κ2) is 11.9. The van der Waals surface area contributed by atoms with E-state index in [1.807, 2.05) is 151 Å². The van der Waals surface area contributed by atoms with Gasteiger partial charge >= 0.3 is 5.97 Å². The maximum absolute atomic E-state index is 14.5. The van der Waals surface area contributed by atoms with Crippen LogP contribution < -0.4 is 0 Å². The minimum absolute atomic E-state index is 0.0982. The molecule has 0 saturated carbocycles. The summed E-state index contributed by atoms with van der Waals surface area (Å²) in [6.45, 7) is 0. The molecule has 5 aromatic rings. The monoisotopic (exact) mass is 535 g/mol. The molecule has 1 amide bonds. The highest BCUT2D eigenvalue weighted by Gasteiger charge is 2.44. The molecule has 5 aromatic carbocycles. The Bertz CT molecular complexity index is 1640. The fourth-order valence-corrected chi connectivity index (χ4v) is 5.57. The third-order valence-corrected chi connectivity index (χ3v) is 7.46. The number of amides is 1. The molecule has 6 rings (SSSR count).